The first-order valence-corrected chi connectivity index (χ1v) is 6.44. The molecule has 0 bridgehead atoms. The highest BCUT2D eigenvalue weighted by molar-refractivity contribution is 9.10. The number of aromatic carboxylic acids is 1. The zero-order valence-corrected chi connectivity index (χ0v) is 12.5. The molecule has 0 saturated carbocycles. The van der Waals surface area contributed by atoms with Gasteiger partial charge in [-0.25, -0.2) is 9.78 Å². The van der Waals surface area contributed by atoms with E-state index in [1.165, 1.54) is 0 Å². The van der Waals surface area contributed by atoms with Gasteiger partial charge in [-0.3, -0.25) is 0 Å². The lowest BCUT2D eigenvalue weighted by Crippen LogP contribution is -2.08. The molecule has 0 aliphatic rings. The first-order chi connectivity index (χ1) is 8.91. The Labute approximate surface area is 119 Å². The van der Waals surface area contributed by atoms with Crippen molar-refractivity contribution in [2.75, 3.05) is 19.0 Å². The molecule has 0 saturated heterocycles. The van der Waals surface area contributed by atoms with E-state index in [0.717, 1.165) is 11.3 Å². The SMILES string of the molecule is CN(C)c1ccc(-c2nc(C(=O)O)c(Br)n2C)cc1. The molecule has 1 heterocycles. The predicted octanol–water partition coefficient (Wildman–Crippen LogP) is 2.61. The van der Waals surface area contributed by atoms with Crippen LogP contribution in [0.4, 0.5) is 5.69 Å². The van der Waals surface area contributed by atoms with E-state index < -0.39 is 5.97 Å². The Morgan fingerprint density at radius 3 is 2.32 bits per heavy atom. The maximum atomic E-state index is 11.0. The number of aromatic nitrogens is 2. The van der Waals surface area contributed by atoms with Crippen LogP contribution in [0.1, 0.15) is 10.5 Å². The second-order valence-corrected chi connectivity index (χ2v) is 5.13. The lowest BCUT2D eigenvalue weighted by atomic mass is 10.2. The smallest absolute Gasteiger partial charge is 0.357 e. The van der Waals surface area contributed by atoms with E-state index in [0.29, 0.717) is 10.4 Å². The number of carboxylic acids is 1. The Kier molecular flexibility index (Phi) is 3.61. The first kappa shape index (κ1) is 13.6. The molecule has 0 amide bonds. The molecule has 19 heavy (non-hydrogen) atoms. The fourth-order valence-corrected chi connectivity index (χ4v) is 2.21. The molecule has 1 N–H and O–H groups in total. The van der Waals surface area contributed by atoms with Crippen molar-refractivity contribution in [1.82, 2.24) is 9.55 Å². The molecule has 100 valence electrons. The van der Waals surface area contributed by atoms with Crippen LogP contribution < -0.4 is 4.90 Å². The van der Waals surface area contributed by atoms with Crippen LogP contribution in [0.2, 0.25) is 0 Å². The number of nitrogens with zero attached hydrogens (tertiary/aromatic N) is 3. The van der Waals surface area contributed by atoms with Crippen LogP contribution in [0.3, 0.4) is 0 Å². The molecular formula is C13H14BrN3O2. The summed E-state index contributed by atoms with van der Waals surface area (Å²) in [4.78, 5) is 17.2. The number of rotatable bonds is 3. The molecule has 0 fully saturated rings. The molecule has 2 rings (SSSR count). The second-order valence-electron chi connectivity index (χ2n) is 4.38. The molecule has 0 aliphatic carbocycles. The van der Waals surface area contributed by atoms with Crippen molar-refractivity contribution in [1.29, 1.82) is 0 Å². The third kappa shape index (κ3) is 2.49. The average molecular weight is 324 g/mol. The van der Waals surface area contributed by atoms with Gasteiger partial charge in [0.15, 0.2) is 5.69 Å². The number of hydrogen-bond acceptors (Lipinski definition) is 3. The lowest BCUT2D eigenvalue weighted by Gasteiger charge is -2.12. The fourth-order valence-electron chi connectivity index (χ4n) is 1.78. The van der Waals surface area contributed by atoms with Crippen molar-refractivity contribution >= 4 is 27.6 Å². The molecule has 0 atom stereocenters. The van der Waals surface area contributed by atoms with Gasteiger partial charge in [-0.15, -0.1) is 0 Å². The summed E-state index contributed by atoms with van der Waals surface area (Å²) < 4.78 is 2.18. The Hall–Kier alpha value is -1.82. The summed E-state index contributed by atoms with van der Waals surface area (Å²) in [5.74, 6) is -0.423. The number of imidazole rings is 1. The molecule has 2 aromatic rings. The Morgan fingerprint density at radius 1 is 1.32 bits per heavy atom. The number of benzene rings is 1. The third-order valence-electron chi connectivity index (χ3n) is 2.87. The van der Waals surface area contributed by atoms with Crippen molar-refractivity contribution in [2.24, 2.45) is 7.05 Å². The van der Waals surface area contributed by atoms with Crippen molar-refractivity contribution < 1.29 is 9.90 Å². The lowest BCUT2D eigenvalue weighted by molar-refractivity contribution is 0.0690. The third-order valence-corrected chi connectivity index (χ3v) is 3.78. The van der Waals surface area contributed by atoms with Crippen LogP contribution in [-0.4, -0.2) is 34.7 Å². The minimum absolute atomic E-state index is 0.0224. The van der Waals surface area contributed by atoms with Gasteiger partial charge >= 0.3 is 5.97 Å². The largest absolute Gasteiger partial charge is 0.476 e. The zero-order chi connectivity index (χ0) is 14.2. The van der Waals surface area contributed by atoms with Gasteiger partial charge in [0, 0.05) is 32.4 Å². The number of carboxylic acid groups (broad SMARTS) is 1. The molecule has 6 heteroatoms. The number of hydrogen-bond donors (Lipinski definition) is 1. The van der Waals surface area contributed by atoms with E-state index in [9.17, 15) is 4.79 Å². The van der Waals surface area contributed by atoms with Gasteiger partial charge in [-0.2, -0.15) is 0 Å². The van der Waals surface area contributed by atoms with Crippen molar-refractivity contribution in [2.45, 2.75) is 0 Å². The van der Waals surface area contributed by atoms with Gasteiger partial charge in [0.2, 0.25) is 0 Å². The quantitative estimate of drug-likeness (QED) is 0.943. The Balaban J connectivity index is 2.47. The molecule has 0 spiro atoms. The molecule has 1 aromatic carbocycles. The van der Waals surface area contributed by atoms with Gasteiger partial charge in [-0.1, -0.05) is 0 Å². The summed E-state index contributed by atoms with van der Waals surface area (Å²) in [6.07, 6.45) is 0. The van der Waals surface area contributed by atoms with Gasteiger partial charge in [0.05, 0.1) is 0 Å². The Bertz CT molecular complexity index is 618. The van der Waals surface area contributed by atoms with E-state index in [1.807, 2.05) is 43.3 Å². The second kappa shape index (κ2) is 5.05. The van der Waals surface area contributed by atoms with Crippen LogP contribution in [0.5, 0.6) is 0 Å². The average Bonchev–Trinajstić information content (AvgIpc) is 2.67. The topological polar surface area (TPSA) is 58.4 Å². The molecule has 0 aliphatic heterocycles. The van der Waals surface area contributed by atoms with Crippen LogP contribution in [-0.2, 0) is 7.05 Å². The highest BCUT2D eigenvalue weighted by Crippen LogP contribution is 2.26. The van der Waals surface area contributed by atoms with Gasteiger partial charge < -0.3 is 14.6 Å². The molecule has 0 unspecified atom stereocenters. The van der Waals surface area contributed by atoms with E-state index in [4.69, 9.17) is 5.11 Å². The minimum atomic E-state index is -1.04. The highest BCUT2D eigenvalue weighted by Gasteiger charge is 2.18. The van der Waals surface area contributed by atoms with E-state index in [-0.39, 0.29) is 5.69 Å². The summed E-state index contributed by atoms with van der Waals surface area (Å²) >= 11 is 3.25. The highest BCUT2D eigenvalue weighted by atomic mass is 79.9. The Morgan fingerprint density at radius 2 is 1.89 bits per heavy atom. The van der Waals surface area contributed by atoms with E-state index in [2.05, 4.69) is 20.9 Å². The van der Waals surface area contributed by atoms with E-state index in [1.54, 1.807) is 11.6 Å². The monoisotopic (exact) mass is 323 g/mol. The fraction of sp³-hybridized carbons (Fsp3) is 0.231. The summed E-state index contributed by atoms with van der Waals surface area (Å²) in [5, 5.41) is 9.05. The minimum Gasteiger partial charge on any atom is -0.476 e. The van der Waals surface area contributed by atoms with Gasteiger partial charge in [0.1, 0.15) is 10.4 Å². The zero-order valence-electron chi connectivity index (χ0n) is 10.9. The normalized spacial score (nSPS) is 10.5. The van der Waals surface area contributed by atoms with Crippen LogP contribution in [0.25, 0.3) is 11.4 Å². The number of anilines is 1. The van der Waals surface area contributed by atoms with Crippen molar-refractivity contribution in [3.05, 3.63) is 34.6 Å². The molecule has 0 radical (unpaired) electrons. The van der Waals surface area contributed by atoms with Gasteiger partial charge in [0.25, 0.3) is 0 Å². The van der Waals surface area contributed by atoms with Crippen LogP contribution in [0.15, 0.2) is 28.9 Å². The summed E-state index contributed by atoms with van der Waals surface area (Å²) in [5.41, 5.74) is 1.98. The molecule has 1 aromatic heterocycles. The number of carbonyl (C=O) groups is 1. The van der Waals surface area contributed by atoms with Crippen molar-refractivity contribution in [3.63, 3.8) is 0 Å². The van der Waals surface area contributed by atoms with Crippen molar-refractivity contribution in [3.8, 4) is 11.4 Å². The molecular weight excluding hydrogens is 310 g/mol. The number of halogens is 1. The maximum Gasteiger partial charge on any atom is 0.357 e. The van der Waals surface area contributed by atoms with Crippen LogP contribution >= 0.6 is 15.9 Å². The van der Waals surface area contributed by atoms with E-state index >= 15 is 0 Å². The standard InChI is InChI=1S/C13H14BrN3O2/c1-16(2)9-6-4-8(5-7-9)12-15-10(13(18)19)11(14)17(12)3/h4-7H,1-3H3,(H,18,19). The molecule has 5 nitrogen and oxygen atoms in total. The van der Waals surface area contributed by atoms with Crippen LogP contribution in [0, 0.1) is 0 Å². The predicted molar refractivity (Wildman–Crippen MR) is 77.6 cm³/mol. The summed E-state index contributed by atoms with van der Waals surface area (Å²) in [6, 6.07) is 7.79. The summed E-state index contributed by atoms with van der Waals surface area (Å²) in [7, 11) is 5.71. The maximum absolute atomic E-state index is 11.0. The van der Waals surface area contributed by atoms with Gasteiger partial charge in [-0.05, 0) is 40.2 Å². The first-order valence-electron chi connectivity index (χ1n) is 5.65. The summed E-state index contributed by atoms with van der Waals surface area (Å²) in [6.45, 7) is 0.